The Kier molecular flexibility index (Phi) is 2.95. The van der Waals surface area contributed by atoms with Crippen molar-refractivity contribution < 1.29 is 9.90 Å². The third-order valence-electron chi connectivity index (χ3n) is 2.82. The van der Waals surface area contributed by atoms with E-state index >= 15 is 0 Å². The number of benzene rings is 1. The molecular formula is C13H15NO2. The second kappa shape index (κ2) is 4.39. The molecule has 0 saturated heterocycles. The van der Waals surface area contributed by atoms with Gasteiger partial charge in [-0.3, -0.25) is 4.79 Å². The quantitative estimate of drug-likeness (QED) is 0.591. The fraction of sp³-hybridized carbons (Fsp3) is 0.308. The molecular weight excluding hydrogens is 202 g/mol. The number of hydrogen-bond acceptors (Lipinski definition) is 3. The highest BCUT2D eigenvalue weighted by molar-refractivity contribution is 5.97. The summed E-state index contributed by atoms with van der Waals surface area (Å²) in [6.45, 7) is 1.91. The molecule has 84 valence electrons. The molecule has 1 aromatic carbocycles. The first-order valence-corrected chi connectivity index (χ1v) is 5.45. The topological polar surface area (TPSA) is 49.3 Å². The van der Waals surface area contributed by atoms with Crippen molar-refractivity contribution in [2.75, 3.05) is 5.32 Å². The molecule has 1 aromatic rings. The maximum Gasteiger partial charge on any atom is 0.160 e. The molecule has 1 aliphatic rings. The third-order valence-corrected chi connectivity index (χ3v) is 2.82. The first-order chi connectivity index (χ1) is 7.66. The highest BCUT2D eigenvalue weighted by Gasteiger charge is 2.16. The summed E-state index contributed by atoms with van der Waals surface area (Å²) in [5, 5.41) is 12.4. The summed E-state index contributed by atoms with van der Waals surface area (Å²) in [5.41, 5.74) is 2.75. The number of hydrogen-bond donors (Lipinski definition) is 2. The van der Waals surface area contributed by atoms with Gasteiger partial charge >= 0.3 is 0 Å². The lowest BCUT2D eigenvalue weighted by atomic mass is 10.2. The summed E-state index contributed by atoms with van der Waals surface area (Å²) in [6.07, 6.45) is 4.28. The van der Waals surface area contributed by atoms with E-state index in [-0.39, 0.29) is 11.5 Å². The molecule has 2 N–H and O–H groups in total. The van der Waals surface area contributed by atoms with Crippen LogP contribution in [0.5, 0.6) is 5.75 Å². The van der Waals surface area contributed by atoms with Crippen molar-refractivity contribution in [1.82, 2.24) is 0 Å². The fourth-order valence-corrected chi connectivity index (χ4v) is 1.87. The molecule has 0 radical (unpaired) electrons. The van der Waals surface area contributed by atoms with Crippen molar-refractivity contribution in [3.63, 3.8) is 0 Å². The molecule has 3 nitrogen and oxygen atoms in total. The van der Waals surface area contributed by atoms with Gasteiger partial charge in [-0.25, -0.2) is 0 Å². The number of aryl methyl sites for hydroxylation is 1. The van der Waals surface area contributed by atoms with E-state index < -0.39 is 0 Å². The average Bonchev–Trinajstić information content (AvgIpc) is 2.63. The van der Waals surface area contributed by atoms with Gasteiger partial charge in [0.1, 0.15) is 5.75 Å². The molecule has 0 spiro atoms. The molecule has 0 aliphatic heterocycles. The predicted molar refractivity (Wildman–Crippen MR) is 63.4 cm³/mol. The van der Waals surface area contributed by atoms with E-state index in [0.29, 0.717) is 6.42 Å². The van der Waals surface area contributed by atoms with Crippen molar-refractivity contribution in [3.05, 3.63) is 35.5 Å². The second-order valence-electron chi connectivity index (χ2n) is 4.09. The first kappa shape index (κ1) is 10.7. The zero-order valence-corrected chi connectivity index (χ0v) is 9.29. The maximum atomic E-state index is 11.4. The van der Waals surface area contributed by atoms with Crippen molar-refractivity contribution in [2.24, 2.45) is 0 Å². The molecule has 0 aromatic heterocycles. The normalized spacial score (nSPS) is 18.1. The number of carbonyl (C=O) groups is 1. The number of Topliss-reactive ketones (excluding diaryl/α,β-unsaturated/α-hetero) is 1. The van der Waals surface area contributed by atoms with Crippen LogP contribution in [0.4, 0.5) is 5.69 Å². The van der Waals surface area contributed by atoms with E-state index in [1.54, 1.807) is 24.4 Å². The van der Waals surface area contributed by atoms with Crippen molar-refractivity contribution in [1.29, 1.82) is 0 Å². The molecule has 0 unspecified atom stereocenters. The Balaban J connectivity index is 2.12. The van der Waals surface area contributed by atoms with Crippen molar-refractivity contribution in [2.45, 2.75) is 26.2 Å². The van der Waals surface area contributed by atoms with Gasteiger partial charge in [-0.05, 0) is 43.5 Å². The van der Waals surface area contributed by atoms with Gasteiger partial charge in [0.05, 0.1) is 0 Å². The number of ketones is 1. The number of carbonyl (C=O) groups excluding carboxylic acids is 1. The Morgan fingerprint density at radius 1 is 1.38 bits per heavy atom. The smallest absolute Gasteiger partial charge is 0.160 e. The fourth-order valence-electron chi connectivity index (χ4n) is 1.87. The molecule has 2 rings (SSSR count). The van der Waals surface area contributed by atoms with Gasteiger partial charge in [-0.2, -0.15) is 0 Å². The number of allylic oxidation sites excluding steroid dienone is 1. The van der Waals surface area contributed by atoms with Crippen LogP contribution in [0.25, 0.3) is 0 Å². The summed E-state index contributed by atoms with van der Waals surface area (Å²) in [6, 6.07) is 5.13. The van der Waals surface area contributed by atoms with Crippen LogP contribution >= 0.6 is 0 Å². The highest BCUT2D eigenvalue weighted by Crippen LogP contribution is 2.23. The number of phenolic OH excluding ortho intramolecular Hbond substituents is 1. The molecule has 0 bridgehead atoms. The Hall–Kier alpha value is -1.77. The van der Waals surface area contributed by atoms with Crippen LogP contribution in [-0.4, -0.2) is 10.9 Å². The van der Waals surface area contributed by atoms with E-state index in [2.05, 4.69) is 5.32 Å². The largest absolute Gasteiger partial charge is 0.508 e. The Labute approximate surface area is 94.8 Å². The zero-order chi connectivity index (χ0) is 11.5. The number of aromatic hydroxyl groups is 1. The van der Waals surface area contributed by atoms with Crippen LogP contribution in [0.15, 0.2) is 30.0 Å². The lowest BCUT2D eigenvalue weighted by Crippen LogP contribution is -1.97. The molecule has 0 atom stereocenters. The van der Waals surface area contributed by atoms with Crippen LogP contribution in [0, 0.1) is 6.92 Å². The van der Waals surface area contributed by atoms with Crippen LogP contribution in [-0.2, 0) is 4.79 Å². The van der Waals surface area contributed by atoms with Crippen LogP contribution < -0.4 is 5.32 Å². The van der Waals surface area contributed by atoms with E-state index in [0.717, 1.165) is 29.7 Å². The summed E-state index contributed by atoms with van der Waals surface area (Å²) in [5.74, 6) is 0.497. The molecule has 0 amide bonds. The average molecular weight is 217 g/mol. The zero-order valence-electron chi connectivity index (χ0n) is 9.29. The van der Waals surface area contributed by atoms with Crippen LogP contribution in [0.1, 0.15) is 24.8 Å². The number of phenols is 1. The summed E-state index contributed by atoms with van der Waals surface area (Å²) in [4.78, 5) is 11.4. The van der Waals surface area contributed by atoms with Gasteiger partial charge < -0.3 is 10.4 Å². The van der Waals surface area contributed by atoms with Crippen molar-refractivity contribution in [3.8, 4) is 5.75 Å². The SMILES string of the molecule is Cc1cc(O)ccc1N/C=C1/CCCC1=O. The van der Waals surface area contributed by atoms with Gasteiger partial charge in [0.25, 0.3) is 0 Å². The lowest BCUT2D eigenvalue weighted by molar-refractivity contribution is -0.114. The molecule has 16 heavy (non-hydrogen) atoms. The van der Waals surface area contributed by atoms with Gasteiger partial charge in [-0.1, -0.05) is 0 Å². The first-order valence-electron chi connectivity index (χ1n) is 5.45. The van der Waals surface area contributed by atoms with E-state index in [9.17, 15) is 9.90 Å². The molecule has 1 saturated carbocycles. The number of anilines is 1. The minimum atomic E-state index is 0.240. The van der Waals surface area contributed by atoms with Gasteiger partial charge in [0, 0.05) is 23.9 Å². The second-order valence-corrected chi connectivity index (χ2v) is 4.09. The summed E-state index contributed by atoms with van der Waals surface area (Å²) >= 11 is 0. The minimum Gasteiger partial charge on any atom is -0.508 e. The summed E-state index contributed by atoms with van der Waals surface area (Å²) in [7, 11) is 0. The minimum absolute atomic E-state index is 0.240. The van der Waals surface area contributed by atoms with E-state index in [4.69, 9.17) is 0 Å². The van der Waals surface area contributed by atoms with E-state index in [1.807, 2.05) is 6.92 Å². The van der Waals surface area contributed by atoms with Crippen LogP contribution in [0.2, 0.25) is 0 Å². The summed E-state index contributed by atoms with van der Waals surface area (Å²) < 4.78 is 0. The molecule has 0 heterocycles. The van der Waals surface area contributed by atoms with Gasteiger partial charge in [0.2, 0.25) is 0 Å². The lowest BCUT2D eigenvalue weighted by Gasteiger charge is -2.06. The monoisotopic (exact) mass is 217 g/mol. The molecule has 3 heteroatoms. The predicted octanol–water partition coefficient (Wildman–Crippen LogP) is 2.75. The van der Waals surface area contributed by atoms with Crippen molar-refractivity contribution >= 4 is 11.5 Å². The van der Waals surface area contributed by atoms with Crippen LogP contribution in [0.3, 0.4) is 0 Å². The Morgan fingerprint density at radius 2 is 2.19 bits per heavy atom. The van der Waals surface area contributed by atoms with Gasteiger partial charge in [0.15, 0.2) is 5.78 Å². The standard InChI is InChI=1S/C13H15NO2/c1-9-7-11(15)5-6-12(9)14-8-10-3-2-4-13(10)16/h5-8,14-15H,2-4H2,1H3/b10-8-. The Morgan fingerprint density at radius 3 is 2.81 bits per heavy atom. The maximum absolute atomic E-state index is 11.4. The van der Waals surface area contributed by atoms with Gasteiger partial charge in [-0.15, -0.1) is 0 Å². The third kappa shape index (κ3) is 2.24. The highest BCUT2D eigenvalue weighted by atomic mass is 16.3. The van der Waals surface area contributed by atoms with E-state index in [1.165, 1.54) is 0 Å². The molecule has 1 fully saturated rings. The Bertz CT molecular complexity index is 449. The molecule has 1 aliphatic carbocycles. The number of nitrogens with one attached hydrogen (secondary N) is 1. The number of rotatable bonds is 2.